The Hall–Kier alpha value is -1.57. The minimum absolute atomic E-state index is 0.211. The fourth-order valence-electron chi connectivity index (χ4n) is 1.65. The van der Waals surface area contributed by atoms with Crippen LogP contribution in [-0.4, -0.2) is 15.9 Å². The summed E-state index contributed by atoms with van der Waals surface area (Å²) in [6, 6.07) is 4.11. The van der Waals surface area contributed by atoms with E-state index in [9.17, 15) is 4.79 Å². The molecule has 20 heavy (non-hydrogen) atoms. The average molecular weight is 321 g/mol. The van der Waals surface area contributed by atoms with Gasteiger partial charge < -0.3 is 0 Å². The number of nitrogens with zero attached hydrogens (tertiary/aromatic N) is 2. The van der Waals surface area contributed by atoms with Crippen molar-refractivity contribution >= 4 is 45.0 Å². The highest BCUT2D eigenvalue weighted by Crippen LogP contribution is 2.30. The lowest BCUT2D eigenvalue weighted by atomic mass is 10.4. The molecule has 0 saturated carbocycles. The first-order chi connectivity index (χ1) is 9.61. The summed E-state index contributed by atoms with van der Waals surface area (Å²) < 4.78 is 0. The van der Waals surface area contributed by atoms with Gasteiger partial charge in [0.05, 0.1) is 15.6 Å². The van der Waals surface area contributed by atoms with Crippen LogP contribution >= 0.6 is 34.0 Å². The monoisotopic (exact) mass is 321 g/mol. The van der Waals surface area contributed by atoms with Gasteiger partial charge in [-0.3, -0.25) is 10.1 Å². The number of thiazole rings is 2. The van der Waals surface area contributed by atoms with Gasteiger partial charge in [0.2, 0.25) is 0 Å². The molecule has 102 valence electrons. The zero-order valence-electron chi connectivity index (χ0n) is 10.8. The van der Waals surface area contributed by atoms with E-state index in [2.05, 4.69) is 28.3 Å². The van der Waals surface area contributed by atoms with Crippen molar-refractivity contribution in [3.63, 3.8) is 0 Å². The fraction of sp³-hybridized carbons (Fsp3) is 0.154. The lowest BCUT2D eigenvalue weighted by Gasteiger charge is -1.97. The van der Waals surface area contributed by atoms with E-state index in [0.29, 0.717) is 10.8 Å². The molecule has 3 heterocycles. The molecule has 0 aliphatic heterocycles. The molecule has 1 N–H and O–H groups in total. The second kappa shape index (κ2) is 5.43. The number of anilines is 1. The topological polar surface area (TPSA) is 54.9 Å². The van der Waals surface area contributed by atoms with Crippen LogP contribution in [0, 0.1) is 13.8 Å². The number of aromatic nitrogens is 2. The minimum atomic E-state index is -0.211. The van der Waals surface area contributed by atoms with Crippen LogP contribution in [0.3, 0.4) is 0 Å². The van der Waals surface area contributed by atoms with Crippen molar-refractivity contribution in [3.8, 4) is 10.6 Å². The molecule has 7 heteroatoms. The van der Waals surface area contributed by atoms with E-state index in [4.69, 9.17) is 0 Å². The van der Waals surface area contributed by atoms with Crippen molar-refractivity contribution < 1.29 is 4.79 Å². The standard InChI is InChI=1S/C13H11N3OS3/c1-7-3-4-11(20-7)9-5-19-13(15-9)16-12(17)10-6-18-8(2)14-10/h3-6H,1-2H3,(H,15,16,17). The number of hydrogen-bond donors (Lipinski definition) is 1. The third-order valence-corrected chi connectivity index (χ3v) is 5.12. The number of nitrogens with one attached hydrogen (secondary N) is 1. The van der Waals surface area contributed by atoms with Gasteiger partial charge in [-0.2, -0.15) is 0 Å². The molecule has 3 aromatic rings. The van der Waals surface area contributed by atoms with Crippen LogP contribution < -0.4 is 5.32 Å². The number of carbonyl (C=O) groups excluding carboxylic acids is 1. The predicted molar refractivity (Wildman–Crippen MR) is 85.0 cm³/mol. The molecule has 0 spiro atoms. The second-order valence-corrected chi connectivity index (χ2v) is 7.36. The summed E-state index contributed by atoms with van der Waals surface area (Å²) >= 11 is 4.58. The SMILES string of the molecule is Cc1ccc(-c2csc(NC(=O)c3csc(C)n3)n2)s1. The molecule has 4 nitrogen and oxygen atoms in total. The van der Waals surface area contributed by atoms with Crippen molar-refractivity contribution in [2.75, 3.05) is 5.32 Å². The van der Waals surface area contributed by atoms with Gasteiger partial charge in [0.25, 0.3) is 5.91 Å². The van der Waals surface area contributed by atoms with Gasteiger partial charge in [-0.25, -0.2) is 9.97 Å². The Morgan fingerprint density at radius 3 is 2.65 bits per heavy atom. The molecular formula is C13H11N3OS3. The lowest BCUT2D eigenvalue weighted by molar-refractivity contribution is 0.102. The molecule has 0 unspecified atom stereocenters. The Balaban J connectivity index is 1.76. The third kappa shape index (κ3) is 2.79. The number of thiophene rings is 1. The maximum Gasteiger partial charge on any atom is 0.276 e. The first-order valence-corrected chi connectivity index (χ1v) is 8.45. The molecule has 0 aliphatic carbocycles. The van der Waals surface area contributed by atoms with E-state index in [1.54, 1.807) is 16.7 Å². The van der Waals surface area contributed by atoms with Crippen LogP contribution in [0.2, 0.25) is 0 Å². The van der Waals surface area contributed by atoms with E-state index in [0.717, 1.165) is 15.6 Å². The normalized spacial score (nSPS) is 10.7. The zero-order valence-corrected chi connectivity index (χ0v) is 13.3. The van der Waals surface area contributed by atoms with Crippen molar-refractivity contribution in [1.82, 2.24) is 9.97 Å². The summed E-state index contributed by atoms with van der Waals surface area (Å²) in [5.74, 6) is -0.211. The summed E-state index contributed by atoms with van der Waals surface area (Å²) in [7, 11) is 0. The van der Waals surface area contributed by atoms with Gasteiger partial charge in [0.1, 0.15) is 5.69 Å². The zero-order chi connectivity index (χ0) is 14.1. The quantitative estimate of drug-likeness (QED) is 0.786. The second-order valence-electron chi connectivity index (χ2n) is 4.15. The first-order valence-electron chi connectivity index (χ1n) is 5.87. The number of amides is 1. The molecule has 0 atom stereocenters. The average Bonchev–Trinajstić information content (AvgIpc) is 3.10. The summed E-state index contributed by atoms with van der Waals surface area (Å²) in [5, 5.41) is 7.97. The Labute approximate surface area is 128 Å². The molecule has 0 bridgehead atoms. The molecule has 0 fully saturated rings. The smallest absolute Gasteiger partial charge is 0.276 e. The molecule has 3 rings (SSSR count). The van der Waals surface area contributed by atoms with Crippen LogP contribution in [0.5, 0.6) is 0 Å². The van der Waals surface area contributed by atoms with Crippen molar-refractivity contribution in [1.29, 1.82) is 0 Å². The highest BCUT2D eigenvalue weighted by atomic mass is 32.1. The molecule has 0 radical (unpaired) electrons. The molecule has 3 aromatic heterocycles. The first kappa shape index (κ1) is 13.4. The molecular weight excluding hydrogens is 310 g/mol. The Bertz CT molecular complexity index is 756. The predicted octanol–water partition coefficient (Wildman–Crippen LogP) is 4.20. The lowest BCUT2D eigenvalue weighted by Crippen LogP contribution is -2.12. The van der Waals surface area contributed by atoms with E-state index in [1.807, 2.05) is 18.4 Å². The molecule has 0 saturated heterocycles. The van der Waals surface area contributed by atoms with Crippen molar-refractivity contribution in [2.24, 2.45) is 0 Å². The summed E-state index contributed by atoms with van der Waals surface area (Å²) in [6.45, 7) is 3.94. The van der Waals surface area contributed by atoms with E-state index < -0.39 is 0 Å². The van der Waals surface area contributed by atoms with Crippen LogP contribution in [0.1, 0.15) is 20.4 Å². The van der Waals surface area contributed by atoms with Gasteiger partial charge in [-0.15, -0.1) is 34.0 Å². The number of hydrogen-bond acceptors (Lipinski definition) is 6. The largest absolute Gasteiger partial charge is 0.296 e. The van der Waals surface area contributed by atoms with Gasteiger partial charge in [0, 0.05) is 15.6 Å². The number of aryl methyl sites for hydroxylation is 2. The van der Waals surface area contributed by atoms with Crippen LogP contribution in [0.4, 0.5) is 5.13 Å². The Kier molecular flexibility index (Phi) is 3.64. The van der Waals surface area contributed by atoms with Crippen molar-refractivity contribution in [3.05, 3.63) is 38.5 Å². The highest BCUT2D eigenvalue weighted by molar-refractivity contribution is 7.17. The maximum atomic E-state index is 12.0. The molecule has 0 aromatic carbocycles. The van der Waals surface area contributed by atoms with Crippen LogP contribution in [0.25, 0.3) is 10.6 Å². The summed E-state index contributed by atoms with van der Waals surface area (Å²) in [6.07, 6.45) is 0. The highest BCUT2D eigenvalue weighted by Gasteiger charge is 2.12. The number of carbonyl (C=O) groups is 1. The Morgan fingerprint density at radius 2 is 2.00 bits per heavy atom. The third-order valence-electron chi connectivity index (χ3n) is 2.57. The summed E-state index contributed by atoms with van der Waals surface area (Å²) in [5.41, 5.74) is 1.34. The van der Waals surface area contributed by atoms with E-state index in [1.165, 1.54) is 27.6 Å². The molecule has 1 amide bonds. The minimum Gasteiger partial charge on any atom is -0.296 e. The van der Waals surface area contributed by atoms with Gasteiger partial charge in [0.15, 0.2) is 5.13 Å². The van der Waals surface area contributed by atoms with Crippen LogP contribution in [-0.2, 0) is 0 Å². The van der Waals surface area contributed by atoms with Crippen LogP contribution in [0.15, 0.2) is 22.9 Å². The van der Waals surface area contributed by atoms with Gasteiger partial charge in [-0.05, 0) is 26.0 Å². The fourth-order valence-corrected chi connectivity index (χ4v) is 3.85. The van der Waals surface area contributed by atoms with Crippen molar-refractivity contribution in [2.45, 2.75) is 13.8 Å². The van der Waals surface area contributed by atoms with Gasteiger partial charge >= 0.3 is 0 Å². The summed E-state index contributed by atoms with van der Waals surface area (Å²) in [4.78, 5) is 22.9. The van der Waals surface area contributed by atoms with E-state index in [-0.39, 0.29) is 5.91 Å². The number of rotatable bonds is 3. The Morgan fingerprint density at radius 1 is 1.15 bits per heavy atom. The molecule has 0 aliphatic rings. The maximum absolute atomic E-state index is 12.0. The van der Waals surface area contributed by atoms with Gasteiger partial charge in [-0.1, -0.05) is 0 Å². The van der Waals surface area contributed by atoms with E-state index >= 15 is 0 Å².